The Kier molecular flexibility index (Phi) is 7.20. The monoisotopic (exact) mass is 427 g/mol. The van der Waals surface area contributed by atoms with Crippen molar-refractivity contribution in [1.82, 2.24) is 9.80 Å². The number of carbonyl (C=O) groups is 2. The first-order valence-corrected chi connectivity index (χ1v) is 10.5. The summed E-state index contributed by atoms with van der Waals surface area (Å²) in [4.78, 5) is 29.1. The summed E-state index contributed by atoms with van der Waals surface area (Å²) in [6.45, 7) is 7.11. The fraction of sp³-hybridized carbons (Fsp3) is 0.600. The topological polar surface area (TPSA) is 61.9 Å². The Labute approximate surface area is 176 Å². The summed E-state index contributed by atoms with van der Waals surface area (Å²) in [6.07, 6.45) is 1.72. The van der Waals surface area contributed by atoms with E-state index in [4.69, 9.17) is 27.9 Å². The van der Waals surface area contributed by atoms with Crippen LogP contribution in [0.1, 0.15) is 26.7 Å². The van der Waals surface area contributed by atoms with Crippen molar-refractivity contribution in [3.05, 3.63) is 28.2 Å². The molecule has 0 radical (unpaired) electrons. The van der Waals surface area contributed by atoms with Crippen LogP contribution in [0.2, 0.25) is 10.0 Å². The van der Waals surface area contributed by atoms with Crippen molar-refractivity contribution in [2.24, 2.45) is 5.92 Å². The van der Waals surface area contributed by atoms with Gasteiger partial charge in [-0.25, -0.2) is 0 Å². The first-order chi connectivity index (χ1) is 13.3. The highest BCUT2D eigenvalue weighted by molar-refractivity contribution is 6.42. The van der Waals surface area contributed by atoms with Gasteiger partial charge in [-0.3, -0.25) is 14.5 Å². The molecule has 2 unspecified atom stereocenters. The number of rotatable bonds is 4. The van der Waals surface area contributed by atoms with Crippen molar-refractivity contribution >= 4 is 40.7 Å². The molecule has 28 heavy (non-hydrogen) atoms. The normalized spacial score (nSPS) is 24.2. The molecule has 2 aliphatic heterocycles. The van der Waals surface area contributed by atoms with Crippen LogP contribution < -0.4 is 5.32 Å². The Bertz CT molecular complexity index is 713. The molecule has 3 rings (SSSR count). The number of amides is 2. The van der Waals surface area contributed by atoms with Gasteiger partial charge in [-0.1, -0.05) is 23.2 Å². The van der Waals surface area contributed by atoms with Gasteiger partial charge in [0.05, 0.1) is 28.8 Å². The first-order valence-electron chi connectivity index (χ1n) is 9.73. The SMILES string of the molecule is CC1CN(C(=O)C2CCN(CC(=O)Nc3ccc(Cl)c(Cl)c3)CC2)CC(C)O1. The molecular formula is C20H27Cl2N3O3. The van der Waals surface area contributed by atoms with E-state index >= 15 is 0 Å². The number of morpholine rings is 1. The van der Waals surface area contributed by atoms with Crippen LogP contribution in [0.3, 0.4) is 0 Å². The maximum absolute atomic E-state index is 12.8. The lowest BCUT2D eigenvalue weighted by molar-refractivity contribution is -0.148. The minimum atomic E-state index is -0.0982. The molecule has 1 N–H and O–H groups in total. The van der Waals surface area contributed by atoms with E-state index < -0.39 is 0 Å². The van der Waals surface area contributed by atoms with E-state index in [-0.39, 0.29) is 29.9 Å². The summed E-state index contributed by atoms with van der Waals surface area (Å²) < 4.78 is 5.72. The molecule has 2 saturated heterocycles. The van der Waals surface area contributed by atoms with Crippen molar-refractivity contribution in [2.75, 3.05) is 38.0 Å². The molecule has 0 bridgehead atoms. The van der Waals surface area contributed by atoms with Crippen LogP contribution in [-0.4, -0.2) is 66.5 Å². The standard InChI is InChI=1S/C20H27Cl2N3O3/c1-13-10-25(11-14(2)28-13)20(27)15-5-7-24(8-6-15)12-19(26)23-16-3-4-17(21)18(22)9-16/h3-4,9,13-15H,5-8,10-12H2,1-2H3,(H,23,26). The maximum atomic E-state index is 12.8. The number of piperidine rings is 1. The Hall–Kier alpha value is -1.34. The Balaban J connectivity index is 1.45. The molecule has 0 aliphatic carbocycles. The number of nitrogens with one attached hydrogen (secondary N) is 1. The summed E-state index contributed by atoms with van der Waals surface area (Å²) in [7, 11) is 0. The Morgan fingerprint density at radius 3 is 2.36 bits per heavy atom. The van der Waals surface area contributed by atoms with Gasteiger partial charge in [-0.2, -0.15) is 0 Å². The maximum Gasteiger partial charge on any atom is 0.238 e. The lowest BCUT2D eigenvalue weighted by Gasteiger charge is -2.39. The van der Waals surface area contributed by atoms with Crippen LogP contribution in [0.15, 0.2) is 18.2 Å². The van der Waals surface area contributed by atoms with Crippen LogP contribution in [0.25, 0.3) is 0 Å². The Morgan fingerprint density at radius 1 is 1.11 bits per heavy atom. The van der Waals surface area contributed by atoms with E-state index in [2.05, 4.69) is 10.2 Å². The molecule has 2 amide bonds. The van der Waals surface area contributed by atoms with Crippen LogP contribution in [0, 0.1) is 5.92 Å². The third-order valence-electron chi connectivity index (χ3n) is 5.24. The Morgan fingerprint density at radius 2 is 1.75 bits per heavy atom. The average molecular weight is 428 g/mol. The van der Waals surface area contributed by atoms with Crippen molar-refractivity contribution in [2.45, 2.75) is 38.9 Å². The number of nitrogens with zero attached hydrogens (tertiary/aromatic N) is 2. The molecule has 2 aliphatic rings. The number of anilines is 1. The van der Waals surface area contributed by atoms with Crippen molar-refractivity contribution in [1.29, 1.82) is 0 Å². The van der Waals surface area contributed by atoms with Gasteiger partial charge in [-0.15, -0.1) is 0 Å². The van der Waals surface area contributed by atoms with Gasteiger partial charge in [0.15, 0.2) is 0 Å². The van der Waals surface area contributed by atoms with E-state index in [0.717, 1.165) is 25.9 Å². The predicted molar refractivity (Wildman–Crippen MR) is 111 cm³/mol. The second kappa shape index (κ2) is 9.44. The number of hydrogen-bond acceptors (Lipinski definition) is 4. The van der Waals surface area contributed by atoms with Crippen LogP contribution in [-0.2, 0) is 14.3 Å². The van der Waals surface area contributed by atoms with E-state index in [0.29, 0.717) is 35.4 Å². The highest BCUT2D eigenvalue weighted by Crippen LogP contribution is 2.25. The van der Waals surface area contributed by atoms with E-state index in [1.54, 1.807) is 18.2 Å². The molecule has 2 fully saturated rings. The summed E-state index contributed by atoms with van der Waals surface area (Å²) in [5.74, 6) is 0.160. The van der Waals surface area contributed by atoms with E-state index in [1.165, 1.54) is 0 Å². The smallest absolute Gasteiger partial charge is 0.238 e. The largest absolute Gasteiger partial charge is 0.372 e. The summed E-state index contributed by atoms with van der Waals surface area (Å²) in [6, 6.07) is 5.02. The second-order valence-corrected chi connectivity index (χ2v) is 8.54. The summed E-state index contributed by atoms with van der Waals surface area (Å²) >= 11 is 11.9. The van der Waals surface area contributed by atoms with Gasteiger partial charge in [0.25, 0.3) is 0 Å². The molecule has 1 aromatic carbocycles. The van der Waals surface area contributed by atoms with E-state index in [1.807, 2.05) is 18.7 Å². The molecule has 2 heterocycles. The van der Waals surface area contributed by atoms with Crippen molar-refractivity contribution < 1.29 is 14.3 Å². The van der Waals surface area contributed by atoms with Crippen molar-refractivity contribution in [3.8, 4) is 0 Å². The van der Waals surface area contributed by atoms with Crippen LogP contribution in [0.5, 0.6) is 0 Å². The van der Waals surface area contributed by atoms with Gasteiger partial charge < -0.3 is 15.0 Å². The molecule has 0 spiro atoms. The van der Waals surface area contributed by atoms with Crippen LogP contribution in [0.4, 0.5) is 5.69 Å². The zero-order chi connectivity index (χ0) is 20.3. The van der Waals surface area contributed by atoms with E-state index in [9.17, 15) is 9.59 Å². The molecule has 0 saturated carbocycles. The van der Waals surface area contributed by atoms with Gasteiger partial charge in [0.2, 0.25) is 11.8 Å². The van der Waals surface area contributed by atoms with Gasteiger partial charge >= 0.3 is 0 Å². The molecule has 1 aromatic rings. The zero-order valence-electron chi connectivity index (χ0n) is 16.3. The summed E-state index contributed by atoms with van der Waals surface area (Å²) in [5.41, 5.74) is 0.625. The number of halogens is 2. The lowest BCUT2D eigenvalue weighted by Crippen LogP contribution is -2.51. The second-order valence-electron chi connectivity index (χ2n) is 7.73. The number of benzene rings is 1. The number of carbonyl (C=O) groups excluding carboxylic acids is 2. The van der Waals surface area contributed by atoms with Gasteiger partial charge in [0, 0.05) is 24.7 Å². The molecule has 0 aromatic heterocycles. The lowest BCUT2D eigenvalue weighted by atomic mass is 9.94. The minimum absolute atomic E-state index is 0.0342. The molecule has 154 valence electrons. The highest BCUT2D eigenvalue weighted by atomic mass is 35.5. The molecule has 2 atom stereocenters. The number of hydrogen-bond donors (Lipinski definition) is 1. The fourth-order valence-electron chi connectivity index (χ4n) is 3.93. The fourth-order valence-corrected chi connectivity index (χ4v) is 4.23. The summed E-state index contributed by atoms with van der Waals surface area (Å²) in [5, 5.41) is 3.70. The van der Waals surface area contributed by atoms with Crippen molar-refractivity contribution in [3.63, 3.8) is 0 Å². The third kappa shape index (κ3) is 5.60. The quantitative estimate of drug-likeness (QED) is 0.800. The first kappa shape index (κ1) is 21.4. The van der Waals surface area contributed by atoms with Gasteiger partial charge in [0.1, 0.15) is 0 Å². The minimum Gasteiger partial charge on any atom is -0.372 e. The number of likely N-dealkylation sites (tertiary alicyclic amines) is 1. The third-order valence-corrected chi connectivity index (χ3v) is 5.98. The van der Waals surface area contributed by atoms with Crippen LogP contribution >= 0.6 is 23.2 Å². The molecular weight excluding hydrogens is 401 g/mol. The van der Waals surface area contributed by atoms with Gasteiger partial charge in [-0.05, 0) is 58.0 Å². The molecule has 6 nitrogen and oxygen atoms in total. The number of ether oxygens (including phenoxy) is 1. The zero-order valence-corrected chi connectivity index (χ0v) is 17.8. The predicted octanol–water partition coefficient (Wildman–Crippen LogP) is 3.28. The molecule has 8 heteroatoms. The highest BCUT2D eigenvalue weighted by Gasteiger charge is 2.32. The average Bonchev–Trinajstić information content (AvgIpc) is 2.64.